The second-order valence-corrected chi connectivity index (χ2v) is 14.8. The average molecular weight is 769 g/mol. The molecule has 0 bridgehead atoms. The van der Waals surface area contributed by atoms with Crippen molar-refractivity contribution in [1.29, 1.82) is 0 Å². The maximum absolute atomic E-state index is 12.6. The third-order valence-corrected chi connectivity index (χ3v) is 9.10. The summed E-state index contributed by atoms with van der Waals surface area (Å²) in [6.45, 7) is 2.24. The van der Waals surface area contributed by atoms with Gasteiger partial charge in [0.2, 0.25) is 0 Å². The van der Waals surface area contributed by atoms with Gasteiger partial charge in [0.1, 0.15) is 12.7 Å². The van der Waals surface area contributed by atoms with Gasteiger partial charge in [-0.05, 0) is 83.5 Å². The van der Waals surface area contributed by atoms with Gasteiger partial charge >= 0.3 is 19.8 Å². The molecular formula is C42H73O10P. The molecule has 3 N–H and O–H groups in total. The molecule has 0 aromatic rings. The Morgan fingerprint density at radius 1 is 0.566 bits per heavy atom. The SMILES string of the molecule is CCCCC/C=C\C/C=C\C/C=C\CCCCC(=O)OC[C@H](COP(=O)(O)OC[C@@H](O)CO)OC(=O)CCCCCCC/C=C\C/C=C\CCCCC. The highest BCUT2D eigenvalue weighted by Crippen LogP contribution is 2.43. The second kappa shape index (κ2) is 38.0. The van der Waals surface area contributed by atoms with Crippen LogP contribution in [0.2, 0.25) is 0 Å². The van der Waals surface area contributed by atoms with Gasteiger partial charge in [-0.25, -0.2) is 4.57 Å². The van der Waals surface area contributed by atoms with Crippen molar-refractivity contribution in [1.82, 2.24) is 0 Å². The van der Waals surface area contributed by atoms with Crippen molar-refractivity contribution in [2.75, 3.05) is 26.4 Å². The number of aliphatic hydroxyl groups is 2. The number of allylic oxidation sites excluding steroid dienone is 10. The fourth-order valence-electron chi connectivity index (χ4n) is 4.97. The van der Waals surface area contributed by atoms with E-state index in [1.807, 2.05) is 0 Å². The Hall–Kier alpha value is -2.33. The lowest BCUT2D eigenvalue weighted by atomic mass is 10.1. The quantitative estimate of drug-likeness (QED) is 0.0241. The van der Waals surface area contributed by atoms with E-state index in [0.29, 0.717) is 12.8 Å². The molecule has 0 rings (SSSR count). The highest BCUT2D eigenvalue weighted by atomic mass is 31.2. The molecule has 0 aliphatic carbocycles. The average Bonchev–Trinajstić information content (AvgIpc) is 3.14. The molecule has 0 aliphatic heterocycles. The molecule has 0 saturated heterocycles. The third-order valence-electron chi connectivity index (χ3n) is 8.14. The summed E-state index contributed by atoms with van der Waals surface area (Å²) in [6, 6.07) is 0. The van der Waals surface area contributed by atoms with Crippen LogP contribution in [0.3, 0.4) is 0 Å². The van der Waals surface area contributed by atoms with E-state index in [1.54, 1.807) is 0 Å². The Morgan fingerprint density at radius 3 is 1.51 bits per heavy atom. The molecule has 1 unspecified atom stereocenters. The van der Waals surface area contributed by atoms with Crippen LogP contribution in [0.1, 0.15) is 155 Å². The summed E-state index contributed by atoms with van der Waals surface area (Å²) in [5, 5.41) is 18.3. The van der Waals surface area contributed by atoms with E-state index in [2.05, 4.69) is 79.1 Å². The van der Waals surface area contributed by atoms with Gasteiger partial charge in [0.05, 0.1) is 19.8 Å². The van der Waals surface area contributed by atoms with Crippen LogP contribution in [0.25, 0.3) is 0 Å². The standard InChI is InChI=1S/C42H73O10P/c1-3-5-7-9-11-13-15-17-19-21-23-25-27-29-31-33-41(45)49-37-40(38-51-53(47,48)50-36-39(44)35-43)52-42(46)34-32-30-28-26-24-22-20-18-16-14-12-10-8-6-4-2/h11-14,17-20,23,25,39-40,43-44H,3-10,15-16,21-22,24,26-38H2,1-2H3,(H,47,48)/b13-11-,14-12-,19-17-,20-18-,25-23-/t39-,40+/m0/s1. The third kappa shape index (κ3) is 37.8. The second-order valence-electron chi connectivity index (χ2n) is 13.3. The van der Waals surface area contributed by atoms with Gasteiger partial charge in [0.25, 0.3) is 0 Å². The summed E-state index contributed by atoms with van der Waals surface area (Å²) in [5.41, 5.74) is 0. The van der Waals surface area contributed by atoms with Crippen molar-refractivity contribution in [2.24, 2.45) is 0 Å². The zero-order valence-electron chi connectivity index (χ0n) is 33.0. The zero-order valence-corrected chi connectivity index (χ0v) is 33.9. The van der Waals surface area contributed by atoms with E-state index in [0.717, 1.165) is 77.0 Å². The molecule has 0 aromatic carbocycles. The van der Waals surface area contributed by atoms with Crippen LogP contribution in [-0.2, 0) is 32.7 Å². The van der Waals surface area contributed by atoms with Crippen LogP contribution in [0.4, 0.5) is 0 Å². The van der Waals surface area contributed by atoms with E-state index >= 15 is 0 Å². The predicted molar refractivity (Wildman–Crippen MR) is 214 cm³/mol. The molecule has 306 valence electrons. The van der Waals surface area contributed by atoms with E-state index in [-0.39, 0.29) is 19.4 Å². The smallest absolute Gasteiger partial charge is 0.462 e. The highest BCUT2D eigenvalue weighted by Gasteiger charge is 2.27. The first-order valence-corrected chi connectivity index (χ1v) is 21.7. The van der Waals surface area contributed by atoms with Gasteiger partial charge in [-0.15, -0.1) is 0 Å². The number of phosphoric ester groups is 1. The Bertz CT molecular complexity index is 1070. The van der Waals surface area contributed by atoms with Crippen molar-refractivity contribution in [3.8, 4) is 0 Å². The van der Waals surface area contributed by atoms with Crippen LogP contribution >= 0.6 is 7.82 Å². The van der Waals surface area contributed by atoms with E-state index in [4.69, 9.17) is 19.1 Å². The van der Waals surface area contributed by atoms with Crippen LogP contribution < -0.4 is 0 Å². The summed E-state index contributed by atoms with van der Waals surface area (Å²) in [5.74, 6) is -0.992. The number of carbonyl (C=O) groups excluding carboxylic acids is 2. The lowest BCUT2D eigenvalue weighted by Gasteiger charge is -2.20. The maximum atomic E-state index is 12.6. The summed E-state index contributed by atoms with van der Waals surface area (Å²) < 4.78 is 32.6. The minimum Gasteiger partial charge on any atom is -0.462 e. The number of phosphoric acid groups is 1. The Morgan fingerprint density at radius 2 is 0.981 bits per heavy atom. The van der Waals surface area contributed by atoms with Crippen LogP contribution in [0.5, 0.6) is 0 Å². The number of unbranched alkanes of at least 4 members (excludes halogenated alkanes) is 13. The molecule has 0 spiro atoms. The van der Waals surface area contributed by atoms with Crippen LogP contribution in [0.15, 0.2) is 60.8 Å². The number of hydrogen-bond donors (Lipinski definition) is 3. The fourth-order valence-corrected chi connectivity index (χ4v) is 5.76. The fraction of sp³-hybridized carbons (Fsp3) is 0.714. The van der Waals surface area contributed by atoms with Crippen LogP contribution in [0, 0.1) is 0 Å². The summed E-state index contributed by atoms with van der Waals surface area (Å²) in [4.78, 5) is 34.9. The van der Waals surface area contributed by atoms with Gasteiger partial charge in [0.15, 0.2) is 6.10 Å². The summed E-state index contributed by atoms with van der Waals surface area (Å²) in [6.07, 6.45) is 40.4. The molecule has 53 heavy (non-hydrogen) atoms. The topological polar surface area (TPSA) is 149 Å². The van der Waals surface area contributed by atoms with Crippen LogP contribution in [-0.4, -0.2) is 65.7 Å². The first-order chi connectivity index (χ1) is 25.7. The Labute approximate surface area is 321 Å². The molecule has 0 fully saturated rings. The molecule has 0 amide bonds. The van der Waals surface area contributed by atoms with Crippen molar-refractivity contribution in [3.63, 3.8) is 0 Å². The van der Waals surface area contributed by atoms with Crippen molar-refractivity contribution >= 4 is 19.8 Å². The number of carbonyl (C=O) groups is 2. The van der Waals surface area contributed by atoms with Crippen molar-refractivity contribution < 1.29 is 47.8 Å². The largest absolute Gasteiger partial charge is 0.472 e. The first-order valence-electron chi connectivity index (χ1n) is 20.2. The molecule has 0 heterocycles. The van der Waals surface area contributed by atoms with E-state index in [1.165, 1.54) is 38.5 Å². The molecule has 11 heteroatoms. The normalized spacial score (nSPS) is 14.6. The highest BCUT2D eigenvalue weighted by molar-refractivity contribution is 7.47. The molecule has 3 atom stereocenters. The molecule has 0 aliphatic rings. The number of ether oxygens (including phenoxy) is 2. The zero-order chi connectivity index (χ0) is 39.1. The van der Waals surface area contributed by atoms with Gasteiger partial charge in [0, 0.05) is 12.8 Å². The lowest BCUT2D eigenvalue weighted by molar-refractivity contribution is -0.161. The molecule has 0 radical (unpaired) electrons. The number of hydrogen-bond acceptors (Lipinski definition) is 9. The number of rotatable bonds is 37. The first kappa shape index (κ1) is 50.7. The maximum Gasteiger partial charge on any atom is 0.472 e. The van der Waals surface area contributed by atoms with Gasteiger partial charge in [-0.2, -0.15) is 0 Å². The lowest BCUT2D eigenvalue weighted by Crippen LogP contribution is -2.29. The molecular weight excluding hydrogens is 695 g/mol. The number of esters is 2. The van der Waals surface area contributed by atoms with Gasteiger partial charge in [-0.3, -0.25) is 18.6 Å². The molecule has 0 aromatic heterocycles. The minimum atomic E-state index is -4.63. The minimum absolute atomic E-state index is 0.157. The number of aliphatic hydroxyl groups excluding tert-OH is 2. The molecule has 10 nitrogen and oxygen atoms in total. The summed E-state index contributed by atoms with van der Waals surface area (Å²) >= 11 is 0. The van der Waals surface area contributed by atoms with Crippen molar-refractivity contribution in [3.05, 3.63) is 60.8 Å². The monoisotopic (exact) mass is 768 g/mol. The summed E-state index contributed by atoms with van der Waals surface area (Å²) in [7, 11) is -4.63. The van der Waals surface area contributed by atoms with Crippen molar-refractivity contribution in [2.45, 2.75) is 167 Å². The molecule has 0 saturated carbocycles. The van der Waals surface area contributed by atoms with Gasteiger partial charge in [-0.1, -0.05) is 120 Å². The Kier molecular flexibility index (Phi) is 36.3. The van der Waals surface area contributed by atoms with E-state index in [9.17, 15) is 24.2 Å². The predicted octanol–water partition coefficient (Wildman–Crippen LogP) is 10.3. The Balaban J connectivity index is 4.45. The van der Waals surface area contributed by atoms with Gasteiger partial charge < -0.3 is 24.6 Å². The van der Waals surface area contributed by atoms with E-state index < -0.39 is 51.8 Å².